The Balaban J connectivity index is 0.948. The maximum atomic E-state index is 15.0. The van der Waals surface area contributed by atoms with Crippen LogP contribution in [0.15, 0.2) is 59.6 Å². The summed E-state index contributed by atoms with van der Waals surface area (Å²) in [5.41, 5.74) is 3.56. The molecule has 3 unspecified atom stereocenters. The fourth-order valence-electron chi connectivity index (χ4n) is 7.00. The van der Waals surface area contributed by atoms with E-state index < -0.39 is 28.4 Å². The molecule has 2 aliphatic carbocycles. The summed E-state index contributed by atoms with van der Waals surface area (Å²) in [5.74, 6) is 0.792. The van der Waals surface area contributed by atoms with Crippen LogP contribution in [0.25, 0.3) is 10.4 Å². The highest BCUT2D eigenvalue weighted by molar-refractivity contribution is 8.00. The molecule has 2 aromatic heterocycles. The van der Waals surface area contributed by atoms with Crippen LogP contribution in [0, 0.1) is 6.92 Å². The number of thioether (sulfide) groups is 1. The van der Waals surface area contributed by atoms with Crippen LogP contribution in [0.5, 0.6) is 0 Å². The van der Waals surface area contributed by atoms with E-state index in [4.69, 9.17) is 25.8 Å². The van der Waals surface area contributed by atoms with Crippen molar-refractivity contribution in [1.82, 2.24) is 30.5 Å². The van der Waals surface area contributed by atoms with Crippen LogP contribution in [0.1, 0.15) is 63.6 Å². The molecule has 0 radical (unpaired) electrons. The van der Waals surface area contributed by atoms with E-state index in [2.05, 4.69) is 36.2 Å². The number of ether oxygens (including phenoxy) is 3. The number of alkyl halides is 1. The number of benzene rings is 1. The lowest BCUT2D eigenvalue weighted by Crippen LogP contribution is -2.61. The van der Waals surface area contributed by atoms with Crippen molar-refractivity contribution in [2.45, 2.75) is 94.4 Å². The Kier molecular flexibility index (Phi) is 15.5. The van der Waals surface area contributed by atoms with E-state index in [1.165, 1.54) is 18.0 Å². The summed E-state index contributed by atoms with van der Waals surface area (Å²) in [6, 6.07) is 6.24. The molecule has 0 bridgehead atoms. The molecule has 1 aliphatic heterocycles. The zero-order chi connectivity index (χ0) is 42.9. The van der Waals surface area contributed by atoms with Crippen molar-refractivity contribution in [1.29, 1.82) is 0 Å². The summed E-state index contributed by atoms with van der Waals surface area (Å²) in [6.45, 7) is 7.62. The van der Waals surface area contributed by atoms with Crippen LogP contribution in [-0.4, -0.2) is 112 Å². The minimum Gasteiger partial charge on any atom is -0.499 e. The third kappa shape index (κ3) is 11.5. The normalized spacial score (nSPS) is 18.9. The second kappa shape index (κ2) is 20.5. The standard InChI is InChI=1S/C42H54ClFN8O6S2/c1-26-34(59-25-48-26)28-11-9-27(10-12-28)23-46-37(53)32-8-6-17-52(32)38(54)35(50-39(55)42(44)15-16-42)41(2,3)60-21-7-18-57-19-20-58-29-13-14-31(33(22-29)56-5)49-40-47-24-30(43)36(45-4)51-40/h9-14,24-25,29,32,35H,6-8,15-23H2,1-5H3,(H,46,53)(H,50,55)(H2,45,47,49,51). The Labute approximate surface area is 363 Å². The summed E-state index contributed by atoms with van der Waals surface area (Å²) in [7, 11) is 3.33. The van der Waals surface area contributed by atoms with Gasteiger partial charge in [-0.05, 0) is 75.8 Å². The molecule has 1 saturated heterocycles. The number of methoxy groups -OCH3 is 1. The van der Waals surface area contributed by atoms with Gasteiger partial charge in [-0.1, -0.05) is 41.9 Å². The zero-order valence-electron chi connectivity index (χ0n) is 34.6. The predicted octanol–water partition coefficient (Wildman–Crippen LogP) is 6.43. The fourth-order valence-corrected chi connectivity index (χ4v) is 9.11. The van der Waals surface area contributed by atoms with Crippen LogP contribution < -0.4 is 21.3 Å². The van der Waals surface area contributed by atoms with Gasteiger partial charge in [-0.3, -0.25) is 14.4 Å². The van der Waals surface area contributed by atoms with Gasteiger partial charge in [-0.15, -0.1) is 11.3 Å². The minimum atomic E-state index is -1.96. The highest BCUT2D eigenvalue weighted by Gasteiger charge is 2.53. The maximum absolute atomic E-state index is 15.0. The van der Waals surface area contributed by atoms with Gasteiger partial charge in [0.2, 0.25) is 17.8 Å². The number of hydrogen-bond acceptors (Lipinski definition) is 13. The van der Waals surface area contributed by atoms with Crippen molar-refractivity contribution in [2.24, 2.45) is 0 Å². The number of anilines is 2. The second-order valence-electron chi connectivity index (χ2n) is 15.4. The molecule has 18 heteroatoms. The lowest BCUT2D eigenvalue weighted by atomic mass is 10.00. The van der Waals surface area contributed by atoms with Crippen LogP contribution in [-0.2, 0) is 35.1 Å². The number of thiazole rings is 1. The Bertz CT molecular complexity index is 2050. The number of aryl methyl sites for hydroxylation is 1. The fraction of sp³-hybridized carbons (Fsp3) is 0.524. The van der Waals surface area contributed by atoms with E-state index in [-0.39, 0.29) is 30.8 Å². The molecule has 1 saturated carbocycles. The van der Waals surface area contributed by atoms with Gasteiger partial charge in [-0.25, -0.2) is 14.4 Å². The number of amides is 3. The molecule has 1 aromatic carbocycles. The molecule has 324 valence electrons. The van der Waals surface area contributed by atoms with Crippen molar-refractivity contribution in [2.75, 3.05) is 56.9 Å². The Hall–Kier alpha value is -4.29. The smallest absolute Gasteiger partial charge is 0.258 e. The molecule has 60 heavy (non-hydrogen) atoms. The molecule has 2 fully saturated rings. The molecule has 3 aliphatic rings. The van der Waals surface area contributed by atoms with E-state index in [1.807, 2.05) is 62.7 Å². The molecule has 3 atom stereocenters. The first-order valence-corrected chi connectivity index (χ1v) is 22.4. The summed E-state index contributed by atoms with van der Waals surface area (Å²) in [5, 5.41) is 12.3. The van der Waals surface area contributed by atoms with Crippen molar-refractivity contribution in [3.05, 3.63) is 75.9 Å². The van der Waals surface area contributed by atoms with Crippen molar-refractivity contribution in [3.63, 3.8) is 0 Å². The Morgan fingerprint density at radius 3 is 2.63 bits per heavy atom. The van der Waals surface area contributed by atoms with Gasteiger partial charge in [0.1, 0.15) is 28.7 Å². The number of nitrogens with one attached hydrogen (secondary N) is 4. The molecule has 3 aromatic rings. The first-order chi connectivity index (χ1) is 28.8. The molecule has 3 heterocycles. The molecule has 0 spiro atoms. The van der Waals surface area contributed by atoms with Crippen LogP contribution in [0.2, 0.25) is 5.02 Å². The largest absolute Gasteiger partial charge is 0.499 e. The van der Waals surface area contributed by atoms with E-state index in [1.54, 1.807) is 30.4 Å². The number of aromatic nitrogens is 3. The number of halogens is 2. The van der Waals surface area contributed by atoms with Crippen molar-refractivity contribution < 1.29 is 33.0 Å². The number of hydrogen-bond donors (Lipinski definition) is 4. The second-order valence-corrected chi connectivity index (χ2v) is 18.5. The SMILES string of the molecule is CNc1nc(NC2=C(OC)CC(OCCOCCCSC(C)(C)C(NC(=O)C3(F)CC3)C(=O)N3CCCC3C(=O)NCc3ccc(-c4scnc4C)cc3)C=C2)ncc1Cl. The van der Waals surface area contributed by atoms with Gasteiger partial charge in [0.05, 0.1) is 54.4 Å². The zero-order valence-corrected chi connectivity index (χ0v) is 37.0. The van der Waals surface area contributed by atoms with E-state index in [9.17, 15) is 18.8 Å². The summed E-state index contributed by atoms with van der Waals surface area (Å²) >= 11 is 9.19. The number of carbonyl (C=O) groups is 3. The van der Waals surface area contributed by atoms with Gasteiger partial charge < -0.3 is 40.4 Å². The van der Waals surface area contributed by atoms with Crippen LogP contribution >= 0.6 is 34.7 Å². The van der Waals surface area contributed by atoms with Crippen molar-refractivity contribution >= 4 is 64.2 Å². The van der Waals surface area contributed by atoms with Gasteiger partial charge >= 0.3 is 0 Å². The number of rotatable bonds is 21. The van der Waals surface area contributed by atoms with E-state index in [0.717, 1.165) is 27.4 Å². The molecule has 6 rings (SSSR count). The Morgan fingerprint density at radius 1 is 1.15 bits per heavy atom. The van der Waals surface area contributed by atoms with Crippen LogP contribution in [0.4, 0.5) is 16.2 Å². The maximum Gasteiger partial charge on any atom is 0.258 e. The number of likely N-dealkylation sites (tertiary alicyclic amines) is 1. The Morgan fingerprint density at radius 2 is 1.93 bits per heavy atom. The molecule has 14 nitrogen and oxygen atoms in total. The average molecular weight is 886 g/mol. The van der Waals surface area contributed by atoms with Gasteiger partial charge in [0.25, 0.3) is 5.91 Å². The molecule has 3 amide bonds. The van der Waals surface area contributed by atoms with E-state index in [0.29, 0.717) is 86.9 Å². The predicted molar refractivity (Wildman–Crippen MR) is 234 cm³/mol. The summed E-state index contributed by atoms with van der Waals surface area (Å²) in [4.78, 5) is 56.4. The minimum absolute atomic E-state index is 0.130. The van der Waals surface area contributed by atoms with Gasteiger partial charge in [-0.2, -0.15) is 16.7 Å². The number of allylic oxidation sites excluding steroid dienone is 1. The quantitative estimate of drug-likeness (QED) is 0.0867. The lowest BCUT2D eigenvalue weighted by Gasteiger charge is -2.37. The van der Waals surface area contributed by atoms with Gasteiger partial charge in [0.15, 0.2) is 5.67 Å². The summed E-state index contributed by atoms with van der Waals surface area (Å²) in [6.07, 6.45) is 7.71. The first kappa shape index (κ1) is 45.2. The molecule has 4 N–H and O–H groups in total. The number of nitrogens with zero attached hydrogens (tertiary/aromatic N) is 4. The highest BCUT2D eigenvalue weighted by Crippen LogP contribution is 2.41. The van der Waals surface area contributed by atoms with E-state index >= 15 is 0 Å². The van der Waals surface area contributed by atoms with Crippen molar-refractivity contribution in [3.8, 4) is 10.4 Å². The highest BCUT2D eigenvalue weighted by atomic mass is 35.5. The molecular weight excluding hydrogens is 831 g/mol. The average Bonchev–Trinajstić information content (AvgIpc) is 3.58. The first-order valence-electron chi connectivity index (χ1n) is 20.2. The topological polar surface area (TPSA) is 169 Å². The third-order valence-electron chi connectivity index (χ3n) is 10.7. The molecular formula is C42H54ClFN8O6S2. The monoisotopic (exact) mass is 884 g/mol. The third-order valence-corrected chi connectivity index (χ3v) is 13.4. The summed E-state index contributed by atoms with van der Waals surface area (Å²) < 4.78 is 31.6. The lowest BCUT2D eigenvalue weighted by molar-refractivity contribution is -0.143. The van der Waals surface area contributed by atoms with Gasteiger partial charge in [0, 0.05) is 37.9 Å². The number of carbonyl (C=O) groups excluding carboxylic acids is 3. The van der Waals surface area contributed by atoms with Crippen LogP contribution in [0.3, 0.4) is 0 Å².